The Morgan fingerprint density at radius 1 is 0.535 bits per heavy atom. The Morgan fingerprint density at radius 3 is 1.44 bits per heavy atom. The third-order valence-electron chi connectivity index (χ3n) is 7.01. The lowest BCUT2D eigenvalue weighted by atomic mass is 10.0. The van der Waals surface area contributed by atoms with Crippen LogP contribution in [0.3, 0.4) is 0 Å². The normalized spacial score (nSPS) is 13.6. The molecule has 0 saturated carbocycles. The molecule has 0 amide bonds. The molecule has 0 aromatic rings. The molecule has 0 unspecified atom stereocenters. The Hall–Kier alpha value is -2.18. The maximum absolute atomic E-state index is 11.9. The van der Waals surface area contributed by atoms with Crippen molar-refractivity contribution in [2.24, 2.45) is 5.92 Å². The second kappa shape index (κ2) is 31.3. The number of aliphatic hydroxyl groups is 2. The maximum Gasteiger partial charge on any atom is 0.305 e. The molecular formula is C37H64O6. The molecule has 0 bridgehead atoms. The van der Waals surface area contributed by atoms with Crippen LogP contribution in [-0.2, 0) is 19.1 Å². The summed E-state index contributed by atoms with van der Waals surface area (Å²) in [6.07, 6.45) is 34.4. The molecule has 43 heavy (non-hydrogen) atoms. The third kappa shape index (κ3) is 34.2. The molecule has 248 valence electrons. The minimum atomic E-state index is -0.993. The predicted molar refractivity (Wildman–Crippen MR) is 179 cm³/mol. The molecule has 0 spiro atoms. The molecular weight excluding hydrogens is 540 g/mol. The standard InChI is InChI=1S/C37H64O6/c1-33(2)27-23-19-15-13-14-18-22-26-30-37(41)43-32-35(39)31-42-36(40)29-25-21-17-12-10-8-6-4-5-7-9-11-16-20-24-28-34(3)38/h5-8,11-12,16-17,33-35,38-39H,4,9-10,13-15,18-32H2,1-3H3/b7-5-,8-6-,16-11-,17-12-/t34-,35+/m1/s1. The number of unbranched alkanes of at least 4 members (excludes halogenated alkanes) is 9. The van der Waals surface area contributed by atoms with Crippen LogP contribution < -0.4 is 0 Å². The average molecular weight is 605 g/mol. The van der Waals surface area contributed by atoms with Crippen molar-refractivity contribution >= 4 is 11.9 Å². The number of aliphatic hydroxyl groups excluding tert-OH is 2. The molecule has 2 N–H and O–H groups in total. The number of ether oxygens (including phenoxy) is 2. The van der Waals surface area contributed by atoms with Crippen molar-refractivity contribution in [3.8, 4) is 0 Å². The van der Waals surface area contributed by atoms with Gasteiger partial charge >= 0.3 is 11.9 Å². The number of rotatable bonds is 29. The summed E-state index contributed by atoms with van der Waals surface area (Å²) in [5.41, 5.74) is 0. The van der Waals surface area contributed by atoms with Crippen molar-refractivity contribution < 1.29 is 29.3 Å². The van der Waals surface area contributed by atoms with Crippen molar-refractivity contribution in [1.29, 1.82) is 0 Å². The summed E-state index contributed by atoms with van der Waals surface area (Å²) in [5, 5.41) is 19.2. The molecule has 0 heterocycles. The molecule has 0 aromatic carbocycles. The van der Waals surface area contributed by atoms with Gasteiger partial charge in [-0.2, -0.15) is 0 Å². The van der Waals surface area contributed by atoms with E-state index in [9.17, 15) is 19.8 Å². The van der Waals surface area contributed by atoms with Gasteiger partial charge in [0.25, 0.3) is 0 Å². The van der Waals surface area contributed by atoms with Gasteiger partial charge in [0.2, 0.25) is 0 Å². The lowest BCUT2D eigenvalue weighted by Gasteiger charge is -2.12. The second-order valence-electron chi connectivity index (χ2n) is 12.0. The van der Waals surface area contributed by atoms with Gasteiger partial charge in [-0.05, 0) is 70.6 Å². The fourth-order valence-corrected chi connectivity index (χ4v) is 4.40. The second-order valence-corrected chi connectivity index (χ2v) is 12.0. The van der Waals surface area contributed by atoms with E-state index in [4.69, 9.17) is 9.47 Å². The summed E-state index contributed by atoms with van der Waals surface area (Å²) in [6, 6.07) is 0. The first-order valence-corrected chi connectivity index (χ1v) is 17.1. The van der Waals surface area contributed by atoms with Gasteiger partial charge in [-0.25, -0.2) is 0 Å². The van der Waals surface area contributed by atoms with E-state index in [1.54, 1.807) is 0 Å². The summed E-state index contributed by atoms with van der Waals surface area (Å²) < 4.78 is 10.2. The Kier molecular flexibility index (Phi) is 29.7. The SMILES string of the molecule is CC(C)CCCCCCCCCCC(=O)OC[C@@H](O)COC(=O)CCC/C=C\C/C=C\C/C=C\C/C=C\CCC[C@@H](C)O. The highest BCUT2D eigenvalue weighted by atomic mass is 16.6. The maximum atomic E-state index is 11.9. The Morgan fingerprint density at radius 2 is 0.953 bits per heavy atom. The quantitative estimate of drug-likeness (QED) is 0.0502. The number of hydrogen-bond acceptors (Lipinski definition) is 6. The molecule has 2 atom stereocenters. The van der Waals surface area contributed by atoms with E-state index in [1.807, 2.05) is 6.92 Å². The minimum absolute atomic E-state index is 0.142. The van der Waals surface area contributed by atoms with Crippen LogP contribution in [0, 0.1) is 5.92 Å². The number of allylic oxidation sites excluding steroid dienone is 8. The molecule has 0 aliphatic heterocycles. The van der Waals surface area contributed by atoms with Crippen molar-refractivity contribution in [3.63, 3.8) is 0 Å². The first-order chi connectivity index (χ1) is 20.8. The van der Waals surface area contributed by atoms with Gasteiger partial charge in [-0.15, -0.1) is 0 Å². The van der Waals surface area contributed by atoms with Crippen LogP contribution in [0.25, 0.3) is 0 Å². The molecule has 0 saturated heterocycles. The molecule has 6 heteroatoms. The van der Waals surface area contributed by atoms with Gasteiger partial charge in [0.05, 0.1) is 6.10 Å². The van der Waals surface area contributed by atoms with Crippen LogP contribution in [-0.4, -0.2) is 47.6 Å². The number of esters is 2. The molecule has 0 rings (SSSR count). The Labute approximate surface area is 263 Å². The zero-order chi connectivity index (χ0) is 31.8. The van der Waals surface area contributed by atoms with Crippen LogP contribution in [0.1, 0.15) is 143 Å². The lowest BCUT2D eigenvalue weighted by molar-refractivity contribution is -0.152. The van der Waals surface area contributed by atoms with Gasteiger partial charge in [-0.1, -0.05) is 114 Å². The zero-order valence-electron chi connectivity index (χ0n) is 27.7. The fraction of sp³-hybridized carbons (Fsp3) is 0.730. The average Bonchev–Trinajstić information content (AvgIpc) is 2.97. The van der Waals surface area contributed by atoms with Crippen LogP contribution in [0.4, 0.5) is 0 Å². The van der Waals surface area contributed by atoms with Crippen molar-refractivity contribution in [3.05, 3.63) is 48.6 Å². The fourth-order valence-electron chi connectivity index (χ4n) is 4.40. The van der Waals surface area contributed by atoms with Crippen molar-refractivity contribution in [2.75, 3.05) is 13.2 Å². The Balaban J connectivity index is 3.59. The molecule has 0 aromatic heterocycles. The van der Waals surface area contributed by atoms with Gasteiger partial charge in [0.1, 0.15) is 19.3 Å². The first-order valence-electron chi connectivity index (χ1n) is 17.1. The van der Waals surface area contributed by atoms with E-state index in [0.717, 1.165) is 70.1 Å². The lowest BCUT2D eigenvalue weighted by Crippen LogP contribution is -2.25. The molecule has 0 fully saturated rings. The Bertz CT molecular complexity index is 765. The van der Waals surface area contributed by atoms with E-state index >= 15 is 0 Å². The van der Waals surface area contributed by atoms with Gasteiger partial charge in [0, 0.05) is 12.8 Å². The molecule has 0 aliphatic carbocycles. The van der Waals surface area contributed by atoms with Crippen LogP contribution in [0.2, 0.25) is 0 Å². The van der Waals surface area contributed by atoms with Crippen LogP contribution in [0.5, 0.6) is 0 Å². The molecule has 6 nitrogen and oxygen atoms in total. The number of carbonyl (C=O) groups is 2. The number of carbonyl (C=O) groups excluding carboxylic acids is 2. The van der Waals surface area contributed by atoms with Crippen LogP contribution in [0.15, 0.2) is 48.6 Å². The highest BCUT2D eigenvalue weighted by Gasteiger charge is 2.12. The highest BCUT2D eigenvalue weighted by molar-refractivity contribution is 5.69. The van der Waals surface area contributed by atoms with E-state index < -0.39 is 6.10 Å². The van der Waals surface area contributed by atoms with Gasteiger partial charge in [0.15, 0.2) is 0 Å². The van der Waals surface area contributed by atoms with Crippen molar-refractivity contribution in [2.45, 2.75) is 155 Å². The summed E-state index contributed by atoms with van der Waals surface area (Å²) in [5.74, 6) is 0.149. The van der Waals surface area contributed by atoms with E-state index in [0.29, 0.717) is 19.3 Å². The first kappa shape index (κ1) is 40.8. The van der Waals surface area contributed by atoms with Gasteiger partial charge < -0.3 is 19.7 Å². The zero-order valence-corrected chi connectivity index (χ0v) is 27.7. The minimum Gasteiger partial charge on any atom is -0.463 e. The van der Waals surface area contributed by atoms with Crippen molar-refractivity contribution in [1.82, 2.24) is 0 Å². The molecule has 0 aliphatic rings. The summed E-state index contributed by atoms with van der Waals surface area (Å²) in [7, 11) is 0. The van der Waals surface area contributed by atoms with E-state index in [1.165, 1.54) is 38.5 Å². The summed E-state index contributed by atoms with van der Waals surface area (Å²) in [4.78, 5) is 23.8. The van der Waals surface area contributed by atoms with Crippen LogP contribution >= 0.6 is 0 Å². The predicted octanol–water partition coefficient (Wildman–Crippen LogP) is 9.11. The largest absolute Gasteiger partial charge is 0.463 e. The smallest absolute Gasteiger partial charge is 0.305 e. The monoisotopic (exact) mass is 604 g/mol. The molecule has 0 radical (unpaired) electrons. The highest BCUT2D eigenvalue weighted by Crippen LogP contribution is 2.13. The summed E-state index contributed by atoms with van der Waals surface area (Å²) >= 11 is 0. The topological polar surface area (TPSA) is 93.1 Å². The van der Waals surface area contributed by atoms with E-state index in [2.05, 4.69) is 62.5 Å². The summed E-state index contributed by atoms with van der Waals surface area (Å²) in [6.45, 7) is 6.08. The number of hydrogen-bond donors (Lipinski definition) is 2. The van der Waals surface area contributed by atoms with Gasteiger partial charge in [-0.3, -0.25) is 9.59 Å². The third-order valence-corrected chi connectivity index (χ3v) is 7.01. The van der Waals surface area contributed by atoms with E-state index in [-0.39, 0.29) is 31.3 Å².